The smallest absolute Gasteiger partial charge is 0.0591 e. The third kappa shape index (κ3) is 3.12. The van der Waals surface area contributed by atoms with Crippen LogP contribution in [0, 0.1) is 13.8 Å². The summed E-state index contributed by atoms with van der Waals surface area (Å²) in [7, 11) is 1.92. The molecule has 2 rings (SSSR count). The molecule has 1 N–H and O–H groups in total. The number of halogens is 3. The Morgan fingerprint density at radius 3 is 2.15 bits per heavy atom. The van der Waals surface area contributed by atoms with Crippen LogP contribution in [0.15, 0.2) is 30.3 Å². The number of hydrogen-bond donors (Lipinski definition) is 1. The Hall–Kier alpha value is -0.730. The van der Waals surface area contributed by atoms with Crippen molar-refractivity contribution in [1.82, 2.24) is 5.32 Å². The second kappa shape index (κ2) is 6.36. The number of nitrogens with one attached hydrogen (secondary N) is 1. The summed E-state index contributed by atoms with van der Waals surface area (Å²) in [6, 6.07) is 9.67. The second-order valence-electron chi connectivity index (χ2n) is 4.85. The van der Waals surface area contributed by atoms with Gasteiger partial charge in [-0.1, -0.05) is 46.9 Å². The molecule has 0 amide bonds. The molecule has 1 unspecified atom stereocenters. The van der Waals surface area contributed by atoms with E-state index in [1.807, 2.05) is 32.2 Å². The predicted octanol–water partition coefficient (Wildman–Crippen LogP) is 5.57. The van der Waals surface area contributed by atoms with Gasteiger partial charge in [0.1, 0.15) is 0 Å². The van der Waals surface area contributed by atoms with Crippen LogP contribution in [-0.2, 0) is 0 Å². The lowest BCUT2D eigenvalue weighted by Crippen LogP contribution is -2.19. The van der Waals surface area contributed by atoms with E-state index in [-0.39, 0.29) is 6.04 Å². The van der Waals surface area contributed by atoms with Crippen LogP contribution >= 0.6 is 34.8 Å². The van der Waals surface area contributed by atoms with Gasteiger partial charge in [-0.25, -0.2) is 0 Å². The van der Waals surface area contributed by atoms with Gasteiger partial charge in [0.25, 0.3) is 0 Å². The van der Waals surface area contributed by atoms with E-state index < -0.39 is 0 Å². The van der Waals surface area contributed by atoms with Crippen LogP contribution in [0.4, 0.5) is 0 Å². The van der Waals surface area contributed by atoms with Gasteiger partial charge >= 0.3 is 0 Å². The summed E-state index contributed by atoms with van der Waals surface area (Å²) < 4.78 is 0. The van der Waals surface area contributed by atoms with Gasteiger partial charge in [0.15, 0.2) is 0 Å². The SMILES string of the molecule is CNC(c1cc(C)c(Cl)cc1C)c1ccc(Cl)cc1Cl. The van der Waals surface area contributed by atoms with Gasteiger partial charge in [-0.05, 0) is 61.3 Å². The highest BCUT2D eigenvalue weighted by atomic mass is 35.5. The van der Waals surface area contributed by atoms with Gasteiger partial charge in [-0.15, -0.1) is 0 Å². The van der Waals surface area contributed by atoms with E-state index in [1.54, 1.807) is 6.07 Å². The highest BCUT2D eigenvalue weighted by Crippen LogP contribution is 2.33. The van der Waals surface area contributed by atoms with Crippen LogP contribution in [0.25, 0.3) is 0 Å². The molecule has 0 spiro atoms. The maximum atomic E-state index is 6.33. The lowest BCUT2D eigenvalue weighted by Gasteiger charge is -2.21. The van der Waals surface area contributed by atoms with E-state index in [0.717, 1.165) is 21.7 Å². The quantitative estimate of drug-likeness (QED) is 0.776. The fraction of sp³-hybridized carbons (Fsp3) is 0.250. The van der Waals surface area contributed by atoms with Crippen LogP contribution in [0.1, 0.15) is 28.3 Å². The number of hydrogen-bond acceptors (Lipinski definition) is 1. The first-order valence-electron chi connectivity index (χ1n) is 6.33. The Morgan fingerprint density at radius 1 is 0.850 bits per heavy atom. The molecule has 0 saturated carbocycles. The Kier molecular flexibility index (Phi) is 4.98. The number of aryl methyl sites for hydroxylation is 2. The molecule has 0 saturated heterocycles. The molecule has 0 radical (unpaired) electrons. The summed E-state index contributed by atoms with van der Waals surface area (Å²) in [4.78, 5) is 0. The molecule has 0 bridgehead atoms. The lowest BCUT2D eigenvalue weighted by atomic mass is 9.93. The Bertz CT molecular complexity index is 638. The number of benzene rings is 2. The zero-order chi connectivity index (χ0) is 14.9. The van der Waals surface area contributed by atoms with Crippen LogP contribution in [0.2, 0.25) is 15.1 Å². The van der Waals surface area contributed by atoms with Crippen LogP contribution in [-0.4, -0.2) is 7.05 Å². The largest absolute Gasteiger partial charge is 0.309 e. The monoisotopic (exact) mass is 327 g/mol. The second-order valence-corrected chi connectivity index (χ2v) is 6.10. The first-order chi connectivity index (χ1) is 9.43. The molecule has 2 aromatic rings. The highest BCUT2D eigenvalue weighted by molar-refractivity contribution is 6.35. The number of rotatable bonds is 3. The van der Waals surface area contributed by atoms with Crippen LogP contribution in [0.3, 0.4) is 0 Å². The molecule has 106 valence electrons. The molecule has 0 aliphatic heterocycles. The fourth-order valence-electron chi connectivity index (χ4n) is 2.33. The predicted molar refractivity (Wildman–Crippen MR) is 88.3 cm³/mol. The van der Waals surface area contributed by atoms with Crippen molar-refractivity contribution in [2.24, 2.45) is 0 Å². The summed E-state index contributed by atoms with van der Waals surface area (Å²) in [6.45, 7) is 4.05. The maximum absolute atomic E-state index is 6.33. The third-order valence-electron chi connectivity index (χ3n) is 3.42. The summed E-state index contributed by atoms with van der Waals surface area (Å²) in [5.41, 5.74) is 4.35. The average molecular weight is 329 g/mol. The van der Waals surface area contributed by atoms with Crippen LogP contribution < -0.4 is 5.32 Å². The molecule has 0 heterocycles. The Morgan fingerprint density at radius 2 is 1.55 bits per heavy atom. The molecular formula is C16H16Cl3N. The minimum Gasteiger partial charge on any atom is -0.309 e. The fourth-order valence-corrected chi connectivity index (χ4v) is 3.06. The standard InChI is InChI=1S/C16H16Cl3N/c1-9-7-14(18)10(2)6-13(9)16(20-3)12-5-4-11(17)8-15(12)19/h4-8,16,20H,1-3H3. The zero-order valence-corrected chi connectivity index (χ0v) is 13.9. The molecule has 1 nitrogen and oxygen atoms in total. The molecule has 1 atom stereocenters. The van der Waals surface area contributed by atoms with E-state index in [1.165, 1.54) is 5.56 Å². The van der Waals surface area contributed by atoms with E-state index >= 15 is 0 Å². The van der Waals surface area contributed by atoms with Gasteiger partial charge in [0.2, 0.25) is 0 Å². The average Bonchev–Trinajstić information content (AvgIpc) is 2.38. The normalized spacial score (nSPS) is 12.5. The summed E-state index contributed by atoms with van der Waals surface area (Å²) in [5, 5.41) is 5.39. The van der Waals surface area contributed by atoms with Gasteiger partial charge < -0.3 is 5.32 Å². The van der Waals surface area contributed by atoms with E-state index in [0.29, 0.717) is 10.0 Å². The van der Waals surface area contributed by atoms with Gasteiger partial charge in [0, 0.05) is 15.1 Å². The van der Waals surface area contributed by atoms with Crippen molar-refractivity contribution in [3.63, 3.8) is 0 Å². The Labute approximate surface area is 134 Å². The summed E-state index contributed by atoms with van der Waals surface area (Å²) >= 11 is 18.5. The molecule has 20 heavy (non-hydrogen) atoms. The van der Waals surface area contributed by atoms with Crippen molar-refractivity contribution < 1.29 is 0 Å². The van der Waals surface area contributed by atoms with E-state index in [2.05, 4.69) is 18.3 Å². The highest BCUT2D eigenvalue weighted by Gasteiger charge is 2.18. The molecule has 2 aromatic carbocycles. The third-order valence-corrected chi connectivity index (χ3v) is 4.39. The summed E-state index contributed by atoms with van der Waals surface area (Å²) in [5.74, 6) is 0. The van der Waals surface area contributed by atoms with Crippen molar-refractivity contribution in [2.75, 3.05) is 7.05 Å². The summed E-state index contributed by atoms with van der Waals surface area (Å²) in [6.07, 6.45) is 0. The Balaban J connectivity index is 2.55. The maximum Gasteiger partial charge on any atom is 0.0591 e. The van der Waals surface area contributed by atoms with E-state index in [4.69, 9.17) is 34.8 Å². The lowest BCUT2D eigenvalue weighted by molar-refractivity contribution is 0.687. The van der Waals surface area contributed by atoms with Crippen molar-refractivity contribution in [3.8, 4) is 0 Å². The van der Waals surface area contributed by atoms with Gasteiger partial charge in [-0.3, -0.25) is 0 Å². The molecule has 0 aliphatic rings. The van der Waals surface area contributed by atoms with E-state index in [9.17, 15) is 0 Å². The minimum absolute atomic E-state index is 0.00994. The van der Waals surface area contributed by atoms with Gasteiger partial charge in [0.05, 0.1) is 6.04 Å². The van der Waals surface area contributed by atoms with Crippen molar-refractivity contribution >= 4 is 34.8 Å². The zero-order valence-electron chi connectivity index (χ0n) is 11.6. The van der Waals surface area contributed by atoms with Gasteiger partial charge in [-0.2, -0.15) is 0 Å². The van der Waals surface area contributed by atoms with Crippen LogP contribution in [0.5, 0.6) is 0 Å². The molecular weight excluding hydrogens is 313 g/mol. The molecule has 0 aliphatic carbocycles. The van der Waals surface area contributed by atoms with Crippen molar-refractivity contribution in [2.45, 2.75) is 19.9 Å². The first kappa shape index (κ1) is 15.7. The molecule has 0 aromatic heterocycles. The van der Waals surface area contributed by atoms with Crippen molar-refractivity contribution in [1.29, 1.82) is 0 Å². The molecule has 4 heteroatoms. The molecule has 0 fully saturated rings. The topological polar surface area (TPSA) is 12.0 Å². The minimum atomic E-state index is 0.00994. The van der Waals surface area contributed by atoms with Crippen molar-refractivity contribution in [3.05, 3.63) is 67.7 Å². The first-order valence-corrected chi connectivity index (χ1v) is 7.46.